The quantitative estimate of drug-likeness (QED) is 0.366. The maximum Gasteiger partial charge on any atom is 0.270 e. The first kappa shape index (κ1) is 21.9. The van der Waals surface area contributed by atoms with E-state index in [4.69, 9.17) is 10.8 Å². The number of rotatable bonds is 9. The lowest BCUT2D eigenvalue weighted by atomic mass is 10.1. The molecule has 1 aromatic heterocycles. The summed E-state index contributed by atoms with van der Waals surface area (Å²) < 4.78 is 0. The second kappa shape index (κ2) is 11.4. The van der Waals surface area contributed by atoms with E-state index in [2.05, 4.69) is 10.3 Å². The number of pyridine rings is 1. The number of nitrogens with one attached hydrogen (secondary N) is 3. The summed E-state index contributed by atoms with van der Waals surface area (Å²) >= 11 is 0. The van der Waals surface area contributed by atoms with Crippen LogP contribution in [0.2, 0.25) is 0 Å². The third-order valence-corrected chi connectivity index (χ3v) is 4.93. The molecule has 0 bridgehead atoms. The number of aryl methyl sites for hydroxylation is 1. The highest BCUT2D eigenvalue weighted by Crippen LogP contribution is 2.08. The van der Waals surface area contributed by atoms with Crippen LogP contribution in [0.5, 0.6) is 0 Å². The number of hydrogen-bond acceptors (Lipinski definition) is 4. The first-order chi connectivity index (χ1) is 15.1. The summed E-state index contributed by atoms with van der Waals surface area (Å²) in [7, 11) is 0. The topological polar surface area (TPSA) is 92.9 Å². The van der Waals surface area contributed by atoms with E-state index in [0.29, 0.717) is 30.9 Å². The molecule has 0 saturated heterocycles. The van der Waals surface area contributed by atoms with E-state index in [-0.39, 0.29) is 18.3 Å². The van der Waals surface area contributed by atoms with Gasteiger partial charge in [-0.25, -0.2) is 0 Å². The van der Waals surface area contributed by atoms with Gasteiger partial charge in [0.1, 0.15) is 17.4 Å². The number of benzene rings is 2. The molecule has 6 heteroatoms. The Hall–Kier alpha value is -3.80. The number of amidine groups is 2. The third kappa shape index (κ3) is 6.89. The maximum absolute atomic E-state index is 12.3. The second-order valence-electron chi connectivity index (χ2n) is 7.16. The fourth-order valence-electron chi connectivity index (χ4n) is 3.21. The Morgan fingerprint density at radius 1 is 0.806 bits per heavy atom. The predicted molar refractivity (Wildman–Crippen MR) is 124 cm³/mol. The molecule has 31 heavy (non-hydrogen) atoms. The Morgan fingerprint density at radius 3 is 2.03 bits per heavy atom. The van der Waals surface area contributed by atoms with Gasteiger partial charge in [-0.1, -0.05) is 66.7 Å². The Balaban J connectivity index is 1.62. The van der Waals surface area contributed by atoms with Gasteiger partial charge >= 0.3 is 0 Å². The van der Waals surface area contributed by atoms with Gasteiger partial charge in [0.05, 0.1) is 6.54 Å². The monoisotopic (exact) mass is 413 g/mol. The van der Waals surface area contributed by atoms with Crippen LogP contribution in [0.25, 0.3) is 0 Å². The smallest absolute Gasteiger partial charge is 0.270 e. The van der Waals surface area contributed by atoms with Crippen molar-refractivity contribution in [3.8, 4) is 0 Å². The molecule has 6 nitrogen and oxygen atoms in total. The molecule has 0 unspecified atom stereocenters. The van der Waals surface area contributed by atoms with Crippen LogP contribution in [0.15, 0.2) is 85.1 Å². The summed E-state index contributed by atoms with van der Waals surface area (Å²) in [5.74, 6) is 0.235. The molecule has 0 fully saturated rings. The van der Waals surface area contributed by atoms with Crippen LogP contribution in [-0.4, -0.2) is 40.6 Å². The highest BCUT2D eigenvalue weighted by atomic mass is 16.1. The van der Waals surface area contributed by atoms with E-state index in [0.717, 1.165) is 17.5 Å². The zero-order chi connectivity index (χ0) is 21.9. The molecule has 0 saturated carbocycles. The summed E-state index contributed by atoms with van der Waals surface area (Å²) in [4.78, 5) is 18.0. The van der Waals surface area contributed by atoms with Crippen LogP contribution in [0.4, 0.5) is 0 Å². The molecule has 3 aromatic rings. The fraction of sp³-hybridized carbons (Fsp3) is 0.200. The van der Waals surface area contributed by atoms with Gasteiger partial charge in [0.2, 0.25) is 0 Å². The van der Waals surface area contributed by atoms with Crippen LogP contribution >= 0.6 is 0 Å². The van der Waals surface area contributed by atoms with Gasteiger partial charge in [0.25, 0.3) is 5.91 Å². The zero-order valence-electron chi connectivity index (χ0n) is 17.4. The Kier molecular flexibility index (Phi) is 8.05. The van der Waals surface area contributed by atoms with Gasteiger partial charge < -0.3 is 10.2 Å². The standard InChI is InChI=1S/C25H27N5O/c26-23(15-14-20-9-3-1-4-10-20)30(18-16-21-11-5-2-6-12-21)24(27)19-29-25(31)22-13-7-8-17-28-22/h1-13,17,26-27H,14-16,18-19H2,(H,29,31). The number of carbonyl (C=O) groups is 1. The highest BCUT2D eigenvalue weighted by molar-refractivity contribution is 6.01. The van der Waals surface area contributed by atoms with Crippen molar-refractivity contribution < 1.29 is 4.79 Å². The number of aromatic nitrogens is 1. The van der Waals surface area contributed by atoms with Crippen LogP contribution < -0.4 is 5.32 Å². The van der Waals surface area contributed by atoms with Gasteiger partial charge in [-0.2, -0.15) is 0 Å². The molecule has 3 N–H and O–H groups in total. The molecule has 0 spiro atoms. The van der Waals surface area contributed by atoms with E-state index in [1.807, 2.05) is 60.7 Å². The van der Waals surface area contributed by atoms with Crippen molar-refractivity contribution in [2.24, 2.45) is 0 Å². The van der Waals surface area contributed by atoms with E-state index in [9.17, 15) is 4.79 Å². The Labute approximate surface area is 183 Å². The van der Waals surface area contributed by atoms with Crippen molar-refractivity contribution in [3.63, 3.8) is 0 Å². The molecule has 0 aliphatic rings. The highest BCUT2D eigenvalue weighted by Gasteiger charge is 2.17. The molecular formula is C25H27N5O. The molecule has 0 atom stereocenters. The van der Waals surface area contributed by atoms with Crippen LogP contribution in [0.1, 0.15) is 28.0 Å². The number of nitrogens with zero attached hydrogens (tertiary/aromatic N) is 2. The van der Waals surface area contributed by atoms with E-state index >= 15 is 0 Å². The van der Waals surface area contributed by atoms with Gasteiger partial charge in [-0.05, 0) is 36.1 Å². The molecule has 1 amide bonds. The SMILES string of the molecule is N=C(CCc1ccccc1)N(CCc1ccccc1)C(=N)CNC(=O)c1ccccn1. The molecule has 0 radical (unpaired) electrons. The average molecular weight is 414 g/mol. The molecular weight excluding hydrogens is 386 g/mol. The van der Waals surface area contributed by atoms with Crippen LogP contribution in [-0.2, 0) is 12.8 Å². The van der Waals surface area contributed by atoms with Crippen molar-refractivity contribution in [2.75, 3.05) is 13.1 Å². The zero-order valence-corrected chi connectivity index (χ0v) is 17.4. The van der Waals surface area contributed by atoms with Gasteiger partial charge in [-0.15, -0.1) is 0 Å². The lowest BCUT2D eigenvalue weighted by molar-refractivity contribution is 0.0953. The minimum absolute atomic E-state index is 0.0396. The molecule has 158 valence electrons. The van der Waals surface area contributed by atoms with Crippen molar-refractivity contribution in [1.29, 1.82) is 10.8 Å². The summed E-state index contributed by atoms with van der Waals surface area (Å²) in [5.41, 5.74) is 2.62. The van der Waals surface area contributed by atoms with Gasteiger partial charge in [0.15, 0.2) is 0 Å². The summed E-state index contributed by atoms with van der Waals surface area (Å²) in [6, 6.07) is 25.2. The second-order valence-corrected chi connectivity index (χ2v) is 7.16. The average Bonchev–Trinajstić information content (AvgIpc) is 2.83. The Morgan fingerprint density at radius 2 is 1.42 bits per heavy atom. The number of amides is 1. The molecule has 2 aromatic carbocycles. The minimum Gasteiger partial charge on any atom is -0.343 e. The maximum atomic E-state index is 12.3. The summed E-state index contributed by atoms with van der Waals surface area (Å²) in [6.45, 7) is 0.549. The normalized spacial score (nSPS) is 10.3. The number of carbonyl (C=O) groups excluding carboxylic acids is 1. The fourth-order valence-corrected chi connectivity index (χ4v) is 3.21. The predicted octanol–water partition coefficient (Wildman–Crippen LogP) is 3.94. The van der Waals surface area contributed by atoms with E-state index < -0.39 is 0 Å². The summed E-state index contributed by atoms with van der Waals surface area (Å²) in [5, 5.41) is 19.9. The van der Waals surface area contributed by atoms with E-state index in [1.54, 1.807) is 29.3 Å². The van der Waals surface area contributed by atoms with Gasteiger partial charge in [-0.3, -0.25) is 20.6 Å². The molecule has 0 aliphatic heterocycles. The number of hydrogen-bond donors (Lipinski definition) is 3. The van der Waals surface area contributed by atoms with E-state index in [1.165, 1.54) is 0 Å². The lowest BCUT2D eigenvalue weighted by Gasteiger charge is -2.26. The van der Waals surface area contributed by atoms with Crippen LogP contribution in [0, 0.1) is 10.8 Å². The largest absolute Gasteiger partial charge is 0.343 e. The summed E-state index contributed by atoms with van der Waals surface area (Å²) in [6.07, 6.45) is 3.53. The first-order valence-corrected chi connectivity index (χ1v) is 10.3. The lowest BCUT2D eigenvalue weighted by Crippen LogP contribution is -2.44. The third-order valence-electron chi connectivity index (χ3n) is 4.93. The van der Waals surface area contributed by atoms with Crippen molar-refractivity contribution in [3.05, 3.63) is 102 Å². The van der Waals surface area contributed by atoms with Crippen molar-refractivity contribution in [1.82, 2.24) is 15.2 Å². The van der Waals surface area contributed by atoms with Crippen LogP contribution in [0.3, 0.4) is 0 Å². The van der Waals surface area contributed by atoms with Gasteiger partial charge in [0, 0.05) is 19.2 Å². The molecule has 1 heterocycles. The first-order valence-electron chi connectivity index (χ1n) is 10.3. The Bertz CT molecular complexity index is 990. The molecule has 3 rings (SSSR count). The molecule has 0 aliphatic carbocycles. The van der Waals surface area contributed by atoms with Crippen molar-refractivity contribution in [2.45, 2.75) is 19.3 Å². The minimum atomic E-state index is -0.329. The van der Waals surface area contributed by atoms with Crippen molar-refractivity contribution >= 4 is 17.6 Å².